The van der Waals surface area contributed by atoms with Gasteiger partial charge in [0.25, 0.3) is 5.91 Å². The highest BCUT2D eigenvalue weighted by atomic mass is 16.2. The van der Waals surface area contributed by atoms with E-state index in [2.05, 4.69) is 25.4 Å². The molecule has 5 heterocycles. The Bertz CT molecular complexity index is 644. The summed E-state index contributed by atoms with van der Waals surface area (Å²) in [7, 11) is 0. The number of rotatable bonds is 2. The van der Waals surface area contributed by atoms with Crippen LogP contribution in [0.15, 0.2) is 18.5 Å². The summed E-state index contributed by atoms with van der Waals surface area (Å²) in [6, 6.07) is 2.08. The zero-order valence-electron chi connectivity index (χ0n) is 11.2. The molecule has 104 valence electrons. The molecule has 0 aromatic carbocycles. The van der Waals surface area contributed by atoms with Crippen molar-refractivity contribution in [2.75, 3.05) is 19.6 Å². The van der Waals surface area contributed by atoms with E-state index in [0.29, 0.717) is 11.6 Å². The Morgan fingerprint density at radius 1 is 1.40 bits per heavy atom. The first kappa shape index (κ1) is 11.8. The second-order valence-electron chi connectivity index (χ2n) is 5.71. The summed E-state index contributed by atoms with van der Waals surface area (Å²) in [5.41, 5.74) is 1.30. The van der Waals surface area contributed by atoms with Crippen molar-refractivity contribution in [3.63, 3.8) is 0 Å². The molecule has 6 heteroatoms. The predicted octanol–water partition coefficient (Wildman–Crippen LogP) is 0.782. The van der Waals surface area contributed by atoms with Crippen LogP contribution in [-0.4, -0.2) is 51.7 Å². The van der Waals surface area contributed by atoms with Crippen LogP contribution in [0.5, 0.6) is 0 Å². The lowest BCUT2D eigenvalue weighted by Gasteiger charge is -2.44. The number of carbonyl (C=O) groups excluding carboxylic acids is 1. The molecule has 1 unspecified atom stereocenters. The number of H-pyrrole nitrogens is 1. The van der Waals surface area contributed by atoms with Crippen LogP contribution >= 0.6 is 0 Å². The summed E-state index contributed by atoms with van der Waals surface area (Å²) in [4.78, 5) is 18.9. The largest absolute Gasteiger partial charge is 0.346 e. The summed E-state index contributed by atoms with van der Waals surface area (Å²) < 4.78 is 0. The lowest BCUT2D eigenvalue weighted by atomic mass is 9.84. The molecule has 0 spiro atoms. The van der Waals surface area contributed by atoms with Gasteiger partial charge in [0.05, 0.1) is 10.9 Å². The molecule has 2 aromatic rings. The molecule has 0 saturated carbocycles. The van der Waals surface area contributed by atoms with E-state index in [1.54, 1.807) is 12.4 Å². The van der Waals surface area contributed by atoms with E-state index in [0.717, 1.165) is 17.4 Å². The first-order valence-corrected chi connectivity index (χ1v) is 7.12. The lowest BCUT2D eigenvalue weighted by Crippen LogP contribution is -2.57. The Morgan fingerprint density at radius 3 is 3.00 bits per heavy atom. The van der Waals surface area contributed by atoms with Crippen LogP contribution in [0.25, 0.3) is 10.9 Å². The Balaban J connectivity index is 1.56. The van der Waals surface area contributed by atoms with Gasteiger partial charge in [-0.25, -0.2) is 0 Å². The van der Waals surface area contributed by atoms with Gasteiger partial charge in [0, 0.05) is 25.0 Å². The first-order chi connectivity index (χ1) is 9.81. The lowest BCUT2D eigenvalue weighted by molar-refractivity contribution is 0.0618. The number of carbonyl (C=O) groups is 1. The van der Waals surface area contributed by atoms with Gasteiger partial charge in [-0.15, -0.1) is 0 Å². The van der Waals surface area contributed by atoms with Crippen molar-refractivity contribution < 1.29 is 4.79 Å². The molecule has 2 aromatic heterocycles. The van der Waals surface area contributed by atoms with Gasteiger partial charge < -0.3 is 10.2 Å². The Hall–Kier alpha value is -1.95. The quantitative estimate of drug-likeness (QED) is 0.846. The second kappa shape index (κ2) is 4.56. The molecule has 3 aliphatic rings. The van der Waals surface area contributed by atoms with Gasteiger partial charge in [-0.05, 0) is 37.9 Å². The molecule has 20 heavy (non-hydrogen) atoms. The number of aromatic nitrogens is 3. The first-order valence-electron chi connectivity index (χ1n) is 7.12. The van der Waals surface area contributed by atoms with Gasteiger partial charge in [0.15, 0.2) is 5.69 Å². The molecule has 0 aliphatic carbocycles. The second-order valence-corrected chi connectivity index (χ2v) is 5.71. The van der Waals surface area contributed by atoms with Crippen molar-refractivity contribution >= 4 is 16.8 Å². The van der Waals surface area contributed by atoms with Crippen molar-refractivity contribution in [3.8, 4) is 0 Å². The van der Waals surface area contributed by atoms with Gasteiger partial charge in [-0.3, -0.25) is 14.9 Å². The normalized spacial score (nSPS) is 28.7. The molecular formula is C14H17N5O. The van der Waals surface area contributed by atoms with Crippen LogP contribution in [0.3, 0.4) is 0 Å². The molecule has 1 amide bonds. The fourth-order valence-corrected chi connectivity index (χ4v) is 3.40. The summed E-state index contributed by atoms with van der Waals surface area (Å²) >= 11 is 0. The summed E-state index contributed by atoms with van der Waals surface area (Å²) in [6.07, 6.45) is 5.75. The molecule has 5 rings (SSSR count). The highest BCUT2D eigenvalue weighted by molar-refractivity contribution is 6.04. The predicted molar refractivity (Wildman–Crippen MR) is 74.3 cm³/mol. The summed E-state index contributed by atoms with van der Waals surface area (Å²) in [6.45, 7) is 3.32. The zero-order chi connectivity index (χ0) is 13.5. The van der Waals surface area contributed by atoms with E-state index >= 15 is 0 Å². The monoisotopic (exact) mass is 271 g/mol. The maximum Gasteiger partial charge on any atom is 0.272 e. The molecule has 3 fully saturated rings. The Labute approximate surface area is 116 Å². The molecule has 2 bridgehead atoms. The average Bonchev–Trinajstić information content (AvgIpc) is 2.92. The average molecular weight is 271 g/mol. The molecule has 0 radical (unpaired) electrons. The summed E-state index contributed by atoms with van der Waals surface area (Å²) in [5.74, 6) is 0.523. The molecule has 3 saturated heterocycles. The highest BCUT2D eigenvalue weighted by Gasteiger charge is 2.35. The number of aromatic amines is 1. The molecule has 3 aliphatic heterocycles. The third-order valence-electron chi connectivity index (χ3n) is 4.55. The number of amides is 1. The number of nitrogens with zero attached hydrogens (tertiary/aromatic N) is 3. The molecule has 1 atom stereocenters. The number of hydrogen-bond acceptors (Lipinski definition) is 4. The van der Waals surface area contributed by atoms with Crippen LogP contribution in [0.4, 0.5) is 0 Å². The standard InChI is InChI=1S/C14H17N5O/c20-14(13-10-7-15-4-1-11(10)17-18-13)16-12-8-19-5-2-9(12)3-6-19/h1,4,7,9,12H,2-3,5-6,8H2,(H,16,20)(H,17,18). The third-order valence-corrected chi connectivity index (χ3v) is 4.55. The Morgan fingerprint density at radius 2 is 2.25 bits per heavy atom. The van der Waals surface area contributed by atoms with Crippen LogP contribution in [0, 0.1) is 5.92 Å². The van der Waals surface area contributed by atoms with Crippen molar-refractivity contribution in [1.29, 1.82) is 0 Å². The highest BCUT2D eigenvalue weighted by Crippen LogP contribution is 2.27. The fourth-order valence-electron chi connectivity index (χ4n) is 3.40. The minimum absolute atomic E-state index is 0.0944. The minimum Gasteiger partial charge on any atom is -0.346 e. The van der Waals surface area contributed by atoms with Crippen LogP contribution < -0.4 is 5.32 Å². The van der Waals surface area contributed by atoms with Crippen molar-refractivity contribution in [2.45, 2.75) is 18.9 Å². The maximum absolute atomic E-state index is 12.4. The smallest absolute Gasteiger partial charge is 0.272 e. The van der Waals surface area contributed by atoms with Gasteiger partial charge >= 0.3 is 0 Å². The minimum atomic E-state index is -0.0944. The molecule has 2 N–H and O–H groups in total. The van der Waals surface area contributed by atoms with Crippen molar-refractivity contribution in [1.82, 2.24) is 25.4 Å². The topological polar surface area (TPSA) is 73.9 Å². The number of nitrogens with one attached hydrogen (secondary N) is 2. The van der Waals surface area contributed by atoms with E-state index in [1.165, 1.54) is 25.9 Å². The zero-order valence-corrected chi connectivity index (χ0v) is 11.2. The number of piperidine rings is 3. The van der Waals surface area contributed by atoms with Crippen molar-refractivity contribution in [3.05, 3.63) is 24.2 Å². The maximum atomic E-state index is 12.4. The SMILES string of the molecule is O=C(NC1CN2CCC1CC2)c1n[nH]c2ccncc12. The van der Waals surface area contributed by atoms with Gasteiger partial charge in [0.1, 0.15) is 0 Å². The van der Waals surface area contributed by atoms with Gasteiger partial charge in [-0.1, -0.05) is 0 Å². The van der Waals surface area contributed by atoms with E-state index in [9.17, 15) is 4.79 Å². The van der Waals surface area contributed by atoms with E-state index < -0.39 is 0 Å². The number of fused-ring (bicyclic) bond motifs is 4. The van der Waals surface area contributed by atoms with Gasteiger partial charge in [-0.2, -0.15) is 5.10 Å². The van der Waals surface area contributed by atoms with Crippen LogP contribution in [0.2, 0.25) is 0 Å². The van der Waals surface area contributed by atoms with Crippen LogP contribution in [-0.2, 0) is 0 Å². The third kappa shape index (κ3) is 1.87. The van der Waals surface area contributed by atoms with E-state index in [1.807, 2.05) is 6.07 Å². The van der Waals surface area contributed by atoms with E-state index in [4.69, 9.17) is 0 Å². The van der Waals surface area contributed by atoms with Crippen LogP contribution in [0.1, 0.15) is 23.3 Å². The number of pyridine rings is 1. The summed E-state index contributed by atoms with van der Waals surface area (Å²) in [5, 5.41) is 10.9. The van der Waals surface area contributed by atoms with Gasteiger partial charge in [0.2, 0.25) is 0 Å². The molecular weight excluding hydrogens is 254 g/mol. The fraction of sp³-hybridized carbons (Fsp3) is 0.500. The number of hydrogen-bond donors (Lipinski definition) is 2. The Kier molecular flexibility index (Phi) is 2.70. The van der Waals surface area contributed by atoms with E-state index in [-0.39, 0.29) is 11.9 Å². The molecule has 6 nitrogen and oxygen atoms in total. The van der Waals surface area contributed by atoms with Crippen molar-refractivity contribution in [2.24, 2.45) is 5.92 Å².